The minimum absolute atomic E-state index is 0.174. The Morgan fingerprint density at radius 2 is 1.36 bits per heavy atom. The summed E-state index contributed by atoms with van der Waals surface area (Å²) in [6, 6.07) is 21.4. The lowest BCUT2D eigenvalue weighted by atomic mass is 10.2. The summed E-state index contributed by atoms with van der Waals surface area (Å²) in [5, 5.41) is 8.89. The zero-order chi connectivity index (χ0) is 17.6. The Bertz CT molecular complexity index is 885. The van der Waals surface area contributed by atoms with Crippen LogP contribution in [0.3, 0.4) is 0 Å². The third-order valence-electron chi connectivity index (χ3n) is 3.36. The first-order valence-corrected chi connectivity index (χ1v) is 7.50. The molecule has 0 aromatic heterocycles. The van der Waals surface area contributed by atoms with E-state index >= 15 is 0 Å². The number of carboxylic acids is 1. The van der Waals surface area contributed by atoms with E-state index in [-0.39, 0.29) is 5.56 Å². The van der Waals surface area contributed by atoms with Gasteiger partial charge in [0.05, 0.1) is 11.1 Å². The predicted octanol–water partition coefficient (Wildman–Crippen LogP) is 4.40. The summed E-state index contributed by atoms with van der Waals surface area (Å²) >= 11 is 0. The number of aromatic carboxylic acids is 1. The van der Waals surface area contributed by atoms with Crippen molar-refractivity contribution in [2.24, 2.45) is 0 Å². The van der Waals surface area contributed by atoms with Gasteiger partial charge in [-0.05, 0) is 54.6 Å². The van der Waals surface area contributed by atoms with Gasteiger partial charge >= 0.3 is 11.9 Å². The Kier molecular flexibility index (Phi) is 4.76. The predicted molar refractivity (Wildman–Crippen MR) is 91.3 cm³/mol. The molecule has 3 aromatic rings. The number of carbonyl (C=O) groups excluding carboxylic acids is 1. The van der Waals surface area contributed by atoms with E-state index in [4.69, 9.17) is 14.6 Å². The van der Waals surface area contributed by atoms with Gasteiger partial charge in [-0.25, -0.2) is 9.59 Å². The first-order chi connectivity index (χ1) is 12.1. The van der Waals surface area contributed by atoms with Gasteiger partial charge in [-0.2, -0.15) is 0 Å². The number of hydrogen-bond donors (Lipinski definition) is 1. The molecule has 0 saturated heterocycles. The molecule has 3 aromatic carbocycles. The normalized spacial score (nSPS) is 10.1. The van der Waals surface area contributed by atoms with Gasteiger partial charge in [-0.15, -0.1) is 0 Å². The van der Waals surface area contributed by atoms with Crippen molar-refractivity contribution in [2.75, 3.05) is 0 Å². The summed E-state index contributed by atoms with van der Waals surface area (Å²) in [5.41, 5.74) is 0.524. The molecule has 1 N–H and O–H groups in total. The van der Waals surface area contributed by atoms with Gasteiger partial charge in [0.15, 0.2) is 0 Å². The molecule has 0 spiro atoms. The Morgan fingerprint density at radius 3 is 2.04 bits per heavy atom. The van der Waals surface area contributed by atoms with Crippen LogP contribution >= 0.6 is 0 Å². The van der Waals surface area contributed by atoms with Crippen molar-refractivity contribution in [3.63, 3.8) is 0 Å². The number of ether oxygens (including phenoxy) is 2. The molecule has 0 aliphatic heterocycles. The molecule has 0 amide bonds. The number of carboxylic acid groups (broad SMARTS) is 1. The van der Waals surface area contributed by atoms with Crippen molar-refractivity contribution in [3.8, 4) is 17.2 Å². The largest absolute Gasteiger partial charge is 0.478 e. The number of carbonyl (C=O) groups is 2. The van der Waals surface area contributed by atoms with E-state index in [1.54, 1.807) is 60.7 Å². The minimum atomic E-state index is -1.00. The molecule has 5 heteroatoms. The fourth-order valence-corrected chi connectivity index (χ4v) is 2.14. The van der Waals surface area contributed by atoms with Gasteiger partial charge in [0.2, 0.25) is 0 Å². The molecule has 0 heterocycles. The molecule has 124 valence electrons. The van der Waals surface area contributed by atoms with Crippen molar-refractivity contribution in [3.05, 3.63) is 90.0 Å². The molecule has 0 saturated carbocycles. The monoisotopic (exact) mass is 334 g/mol. The van der Waals surface area contributed by atoms with Gasteiger partial charge in [0.25, 0.3) is 0 Å². The lowest BCUT2D eigenvalue weighted by molar-refractivity contribution is 0.0694. The number of esters is 1. The molecular weight excluding hydrogens is 320 g/mol. The first kappa shape index (κ1) is 16.3. The second-order valence-electron chi connectivity index (χ2n) is 5.16. The molecule has 5 nitrogen and oxygen atoms in total. The van der Waals surface area contributed by atoms with Gasteiger partial charge in [0.1, 0.15) is 17.2 Å². The van der Waals surface area contributed by atoms with Gasteiger partial charge in [-0.1, -0.05) is 24.3 Å². The maximum atomic E-state index is 12.2. The minimum Gasteiger partial charge on any atom is -0.478 e. The highest BCUT2D eigenvalue weighted by Gasteiger charge is 2.10. The van der Waals surface area contributed by atoms with E-state index in [0.29, 0.717) is 22.8 Å². The molecule has 3 rings (SSSR count). The number of para-hydroxylation sites is 1. The van der Waals surface area contributed by atoms with Gasteiger partial charge < -0.3 is 14.6 Å². The Balaban J connectivity index is 1.72. The second-order valence-corrected chi connectivity index (χ2v) is 5.16. The summed E-state index contributed by atoms with van der Waals surface area (Å²) in [4.78, 5) is 23.0. The maximum Gasteiger partial charge on any atom is 0.343 e. The average Bonchev–Trinajstić information content (AvgIpc) is 2.63. The van der Waals surface area contributed by atoms with Crippen LogP contribution in [0.1, 0.15) is 20.7 Å². The number of hydrogen-bond acceptors (Lipinski definition) is 4. The van der Waals surface area contributed by atoms with Crippen LogP contribution in [0, 0.1) is 0 Å². The van der Waals surface area contributed by atoms with E-state index in [1.165, 1.54) is 12.1 Å². The van der Waals surface area contributed by atoms with Crippen molar-refractivity contribution < 1.29 is 24.2 Å². The van der Waals surface area contributed by atoms with Crippen LogP contribution in [0.4, 0.5) is 0 Å². The van der Waals surface area contributed by atoms with Crippen LogP contribution in [0.5, 0.6) is 17.2 Å². The highest BCUT2D eigenvalue weighted by atomic mass is 16.5. The summed E-state index contributed by atoms with van der Waals surface area (Å²) in [6.07, 6.45) is 0. The highest BCUT2D eigenvalue weighted by molar-refractivity contribution is 5.91. The maximum absolute atomic E-state index is 12.2. The topological polar surface area (TPSA) is 72.8 Å². The van der Waals surface area contributed by atoms with Crippen molar-refractivity contribution in [2.45, 2.75) is 0 Å². The van der Waals surface area contributed by atoms with E-state index in [0.717, 1.165) is 0 Å². The zero-order valence-electron chi connectivity index (χ0n) is 13.1. The molecule has 0 atom stereocenters. The van der Waals surface area contributed by atoms with Crippen LogP contribution in [0.15, 0.2) is 78.9 Å². The van der Waals surface area contributed by atoms with Crippen LogP contribution in [-0.4, -0.2) is 17.0 Å². The zero-order valence-corrected chi connectivity index (χ0v) is 13.1. The fraction of sp³-hybridized carbons (Fsp3) is 0. The molecule has 0 fully saturated rings. The van der Waals surface area contributed by atoms with Crippen LogP contribution in [-0.2, 0) is 0 Å². The van der Waals surface area contributed by atoms with Crippen LogP contribution in [0.2, 0.25) is 0 Å². The summed E-state index contributed by atoms with van der Waals surface area (Å²) in [6.45, 7) is 0. The third-order valence-corrected chi connectivity index (χ3v) is 3.36. The van der Waals surface area contributed by atoms with E-state index < -0.39 is 11.9 Å². The molecule has 0 radical (unpaired) electrons. The molecule has 25 heavy (non-hydrogen) atoms. The summed E-state index contributed by atoms with van der Waals surface area (Å²) in [7, 11) is 0. The Labute approximate surface area is 144 Å². The molecule has 0 bridgehead atoms. The SMILES string of the molecule is O=C(O)c1ccc(Oc2cccc(C(=O)Oc3ccccc3)c2)cc1. The standard InChI is InChI=1S/C20H14O5/c21-19(22)14-9-11-17(12-10-14)24-18-8-4-5-15(13-18)20(23)25-16-6-2-1-3-7-16/h1-13H,(H,21,22). The van der Waals surface area contributed by atoms with Crippen LogP contribution < -0.4 is 9.47 Å². The van der Waals surface area contributed by atoms with Gasteiger partial charge in [0, 0.05) is 0 Å². The van der Waals surface area contributed by atoms with Crippen molar-refractivity contribution in [1.29, 1.82) is 0 Å². The molecule has 0 aliphatic rings. The van der Waals surface area contributed by atoms with Crippen molar-refractivity contribution >= 4 is 11.9 Å². The quantitative estimate of drug-likeness (QED) is 0.553. The highest BCUT2D eigenvalue weighted by Crippen LogP contribution is 2.23. The van der Waals surface area contributed by atoms with E-state index in [2.05, 4.69) is 0 Å². The van der Waals surface area contributed by atoms with Crippen LogP contribution in [0.25, 0.3) is 0 Å². The molecular formula is C20H14O5. The smallest absolute Gasteiger partial charge is 0.343 e. The van der Waals surface area contributed by atoms with Crippen molar-refractivity contribution in [1.82, 2.24) is 0 Å². The summed E-state index contributed by atoms with van der Waals surface area (Å²) < 4.78 is 10.9. The summed E-state index contributed by atoms with van der Waals surface area (Å²) in [5.74, 6) is -0.109. The molecule has 0 aliphatic carbocycles. The second kappa shape index (κ2) is 7.31. The number of benzene rings is 3. The lowest BCUT2D eigenvalue weighted by Crippen LogP contribution is -2.08. The average molecular weight is 334 g/mol. The van der Waals surface area contributed by atoms with E-state index in [9.17, 15) is 9.59 Å². The van der Waals surface area contributed by atoms with E-state index in [1.807, 2.05) is 6.07 Å². The number of rotatable bonds is 5. The lowest BCUT2D eigenvalue weighted by Gasteiger charge is -2.08. The fourth-order valence-electron chi connectivity index (χ4n) is 2.14. The molecule has 0 unspecified atom stereocenters. The Hall–Kier alpha value is -3.60. The third kappa shape index (κ3) is 4.23. The van der Waals surface area contributed by atoms with Gasteiger partial charge in [-0.3, -0.25) is 0 Å². The Morgan fingerprint density at radius 1 is 0.680 bits per heavy atom. The first-order valence-electron chi connectivity index (χ1n) is 7.50.